The molecule has 0 spiro atoms. The highest BCUT2D eigenvalue weighted by Gasteiger charge is 2.30. The summed E-state index contributed by atoms with van der Waals surface area (Å²) in [4.78, 5) is 64.4. The van der Waals surface area contributed by atoms with Crippen molar-refractivity contribution in [2.24, 2.45) is 5.92 Å². The Kier molecular flexibility index (Phi) is 17.3. The number of hydrogen-bond donors (Lipinski definition) is 3. The van der Waals surface area contributed by atoms with Crippen molar-refractivity contribution in [1.82, 2.24) is 34.8 Å². The second-order valence-corrected chi connectivity index (χ2v) is 18.9. The zero-order chi connectivity index (χ0) is 45.7. The number of carboxylic acid groups (broad SMARTS) is 1. The van der Waals surface area contributed by atoms with E-state index in [1.54, 1.807) is 7.11 Å². The van der Waals surface area contributed by atoms with Gasteiger partial charge in [0.2, 0.25) is 17.7 Å². The Hall–Kier alpha value is -5.02. The third-order valence-electron chi connectivity index (χ3n) is 13.9. The number of pyridine rings is 1. The molecule has 4 aliphatic heterocycles. The Morgan fingerprint density at radius 2 is 1.71 bits per heavy atom. The van der Waals surface area contributed by atoms with Gasteiger partial charge in [-0.25, -0.2) is 9.67 Å². The molecule has 0 bridgehead atoms. The van der Waals surface area contributed by atoms with Gasteiger partial charge >= 0.3 is 5.97 Å². The van der Waals surface area contributed by atoms with E-state index in [9.17, 15) is 24.3 Å². The SMILES string of the molecule is COCC1CCCN1C(=O)CCCCCNC(=O)CCCC(=O)N1CCN(c2cc(C(CC(=O)O)CN3CCC(CCc4ccc5c(n4)NCCC5)C3)cc(-n3nc(C)cc3C)c2)CC1. The van der Waals surface area contributed by atoms with Crippen LogP contribution in [-0.4, -0.2) is 143 Å². The van der Waals surface area contributed by atoms with Crippen molar-refractivity contribution >= 4 is 35.2 Å². The van der Waals surface area contributed by atoms with Gasteiger partial charge in [-0.05, 0) is 132 Å². The van der Waals surface area contributed by atoms with Crippen LogP contribution in [0, 0.1) is 19.8 Å². The van der Waals surface area contributed by atoms with Crippen LogP contribution in [-0.2, 0) is 36.8 Å². The number of anilines is 2. The molecule has 15 nitrogen and oxygen atoms in total. The fourth-order valence-electron chi connectivity index (χ4n) is 10.4. The summed E-state index contributed by atoms with van der Waals surface area (Å²) in [6, 6.07) is 13.1. The van der Waals surface area contributed by atoms with E-state index >= 15 is 0 Å². The lowest BCUT2D eigenvalue weighted by Gasteiger charge is -2.37. The number of carbonyl (C=O) groups is 4. The maximum absolute atomic E-state index is 13.3. The molecule has 1 aromatic carbocycles. The lowest BCUT2D eigenvalue weighted by atomic mass is 9.93. The highest BCUT2D eigenvalue weighted by atomic mass is 16.5. The van der Waals surface area contributed by atoms with Crippen LogP contribution in [0.2, 0.25) is 0 Å². The largest absolute Gasteiger partial charge is 0.481 e. The minimum atomic E-state index is -0.810. The second-order valence-electron chi connectivity index (χ2n) is 18.9. The maximum Gasteiger partial charge on any atom is 0.304 e. The molecule has 354 valence electrons. The Bertz CT molecular complexity index is 2080. The maximum atomic E-state index is 13.3. The number of ether oxygens (including phenoxy) is 1. The number of nitrogens with one attached hydrogen (secondary N) is 2. The third kappa shape index (κ3) is 13.5. The number of methoxy groups -OCH3 is 1. The van der Waals surface area contributed by atoms with E-state index in [4.69, 9.17) is 14.8 Å². The molecular weight excluding hydrogens is 823 g/mol. The second kappa shape index (κ2) is 23.4. The number of unbranched alkanes of at least 4 members (excludes halogenated alkanes) is 2. The summed E-state index contributed by atoms with van der Waals surface area (Å²) < 4.78 is 7.22. The number of likely N-dealkylation sites (tertiary alicyclic amines) is 2. The molecule has 3 unspecified atom stereocenters. The third-order valence-corrected chi connectivity index (χ3v) is 13.9. The average molecular weight is 896 g/mol. The molecule has 4 aliphatic rings. The van der Waals surface area contributed by atoms with Crippen LogP contribution in [0.5, 0.6) is 0 Å². The Labute approximate surface area is 385 Å². The topological polar surface area (TPSA) is 165 Å². The summed E-state index contributed by atoms with van der Waals surface area (Å²) in [5, 5.41) is 21.4. The van der Waals surface area contributed by atoms with E-state index < -0.39 is 5.97 Å². The summed E-state index contributed by atoms with van der Waals surface area (Å²) >= 11 is 0. The van der Waals surface area contributed by atoms with Crippen molar-refractivity contribution in [1.29, 1.82) is 0 Å². The summed E-state index contributed by atoms with van der Waals surface area (Å²) in [7, 11) is 1.68. The van der Waals surface area contributed by atoms with Crippen molar-refractivity contribution in [3.63, 3.8) is 0 Å². The van der Waals surface area contributed by atoms with Crippen LogP contribution in [0.1, 0.15) is 118 Å². The molecule has 0 saturated carbocycles. The van der Waals surface area contributed by atoms with Gasteiger partial charge in [0.05, 0.1) is 30.5 Å². The van der Waals surface area contributed by atoms with Gasteiger partial charge in [-0.1, -0.05) is 12.5 Å². The van der Waals surface area contributed by atoms with E-state index in [2.05, 4.69) is 56.8 Å². The number of rotatable bonds is 22. The monoisotopic (exact) mass is 896 g/mol. The molecule has 0 radical (unpaired) electrons. The first-order chi connectivity index (χ1) is 31.5. The van der Waals surface area contributed by atoms with E-state index in [1.165, 1.54) is 5.56 Å². The van der Waals surface area contributed by atoms with Gasteiger partial charge in [-0.2, -0.15) is 5.10 Å². The van der Waals surface area contributed by atoms with Gasteiger partial charge < -0.3 is 40.1 Å². The Morgan fingerprint density at radius 3 is 2.49 bits per heavy atom. The number of carbonyl (C=O) groups excluding carboxylic acids is 3. The standard InChI is InChI=1S/C50H73N9O6/c1-36-28-37(2)59(54-36)45-30-40(41(31-49(63)64)34-55-23-19-38(33-55)15-17-42-18-16-39-10-8-21-52-50(39)53-42)29-44(32-45)56-24-26-57(27-25-56)47(61)14-7-12-46(60)51-20-6-4-5-13-48(62)58-22-9-11-43(58)35-65-3/h16,18,28-30,32,38,41,43H,4-15,17,19-27,31,33-35H2,1-3H3,(H,51,60)(H,52,53)(H,63,64). The number of nitrogens with zero attached hydrogens (tertiary/aromatic N) is 7. The first kappa shape index (κ1) is 47.9. The number of aryl methyl sites for hydroxylation is 4. The summed E-state index contributed by atoms with van der Waals surface area (Å²) in [6.07, 6.45) is 11.6. The minimum Gasteiger partial charge on any atom is -0.481 e. The number of benzene rings is 1. The summed E-state index contributed by atoms with van der Waals surface area (Å²) in [6.45, 7) is 12.0. The highest BCUT2D eigenvalue weighted by Crippen LogP contribution is 2.33. The van der Waals surface area contributed by atoms with Crippen LogP contribution in [0.4, 0.5) is 11.5 Å². The number of amides is 3. The molecule has 3 fully saturated rings. The van der Waals surface area contributed by atoms with E-state index in [1.807, 2.05) is 28.3 Å². The predicted molar refractivity (Wildman–Crippen MR) is 253 cm³/mol. The molecule has 15 heteroatoms. The van der Waals surface area contributed by atoms with E-state index in [-0.39, 0.29) is 36.1 Å². The van der Waals surface area contributed by atoms with Crippen molar-refractivity contribution in [2.75, 3.05) is 89.4 Å². The van der Waals surface area contributed by atoms with Gasteiger partial charge in [0, 0.05) is 108 Å². The van der Waals surface area contributed by atoms with E-state index in [0.717, 1.165) is 130 Å². The summed E-state index contributed by atoms with van der Waals surface area (Å²) in [5.74, 6) is 0.787. The van der Waals surface area contributed by atoms with Crippen LogP contribution >= 0.6 is 0 Å². The smallest absolute Gasteiger partial charge is 0.304 e. The van der Waals surface area contributed by atoms with Crippen LogP contribution < -0.4 is 15.5 Å². The molecule has 3 aromatic rings. The van der Waals surface area contributed by atoms with Crippen LogP contribution in [0.3, 0.4) is 0 Å². The Morgan fingerprint density at radius 1 is 0.892 bits per heavy atom. The fourth-order valence-corrected chi connectivity index (χ4v) is 10.4. The molecule has 0 aliphatic carbocycles. The molecule has 3 atom stereocenters. The van der Waals surface area contributed by atoms with Gasteiger partial charge in [-0.3, -0.25) is 19.2 Å². The quantitative estimate of drug-likeness (QED) is 0.103. The van der Waals surface area contributed by atoms with E-state index in [0.29, 0.717) is 77.5 Å². The van der Waals surface area contributed by atoms with Gasteiger partial charge in [0.1, 0.15) is 5.82 Å². The first-order valence-electron chi connectivity index (χ1n) is 24.5. The zero-order valence-corrected chi connectivity index (χ0v) is 39.2. The highest BCUT2D eigenvalue weighted by molar-refractivity contribution is 5.79. The first-order valence-corrected chi connectivity index (χ1v) is 24.5. The number of aromatic nitrogens is 3. The normalized spacial score (nSPS) is 19.3. The van der Waals surface area contributed by atoms with Crippen molar-refractivity contribution < 1.29 is 29.0 Å². The predicted octanol–water partition coefficient (Wildman–Crippen LogP) is 5.89. The lowest BCUT2D eigenvalue weighted by molar-refractivity contribution is -0.137. The zero-order valence-electron chi connectivity index (χ0n) is 39.2. The van der Waals surface area contributed by atoms with Crippen LogP contribution in [0.25, 0.3) is 5.69 Å². The number of carboxylic acids is 1. The molecule has 3 saturated heterocycles. The molecule has 2 aromatic heterocycles. The molecular formula is C50H73N9O6. The molecule has 65 heavy (non-hydrogen) atoms. The number of aliphatic carboxylic acids is 1. The molecule has 6 heterocycles. The fraction of sp³-hybridized carbons (Fsp3) is 0.640. The molecule has 3 N–H and O–H groups in total. The lowest BCUT2D eigenvalue weighted by Crippen LogP contribution is -2.48. The van der Waals surface area contributed by atoms with Gasteiger partial charge in [-0.15, -0.1) is 0 Å². The minimum absolute atomic E-state index is 0.0327. The van der Waals surface area contributed by atoms with Crippen molar-refractivity contribution in [2.45, 2.75) is 122 Å². The summed E-state index contributed by atoms with van der Waals surface area (Å²) in [5.41, 5.74) is 7.27. The number of hydrogen-bond acceptors (Lipinski definition) is 10. The molecule has 3 amide bonds. The van der Waals surface area contributed by atoms with Crippen molar-refractivity contribution in [3.05, 3.63) is 64.6 Å². The Balaban J connectivity index is 0.879. The van der Waals surface area contributed by atoms with Crippen molar-refractivity contribution in [3.8, 4) is 5.69 Å². The number of piperazine rings is 1. The molecule has 7 rings (SSSR count). The average Bonchev–Trinajstić information content (AvgIpc) is 4.06. The van der Waals surface area contributed by atoms with Crippen LogP contribution in [0.15, 0.2) is 36.4 Å². The van der Waals surface area contributed by atoms with Gasteiger partial charge in [0.15, 0.2) is 0 Å². The number of fused-ring (bicyclic) bond motifs is 1. The van der Waals surface area contributed by atoms with Gasteiger partial charge in [0.25, 0.3) is 0 Å².